The fourth-order valence-corrected chi connectivity index (χ4v) is 12.4. The number of aliphatic hydroxyl groups is 2. The van der Waals surface area contributed by atoms with E-state index in [1.807, 2.05) is 0 Å². The Morgan fingerprint density at radius 1 is 1.05 bits per heavy atom. The molecule has 1 heterocycles. The van der Waals surface area contributed by atoms with Gasteiger partial charge in [0.25, 0.3) is 0 Å². The molecule has 1 aliphatic heterocycles. The van der Waals surface area contributed by atoms with Crippen molar-refractivity contribution in [2.24, 2.45) is 50.7 Å². The van der Waals surface area contributed by atoms with Crippen LogP contribution in [0.15, 0.2) is 0 Å². The summed E-state index contributed by atoms with van der Waals surface area (Å²) in [7, 11) is 0. The van der Waals surface area contributed by atoms with Gasteiger partial charge in [-0.2, -0.15) is 0 Å². The van der Waals surface area contributed by atoms with Gasteiger partial charge >= 0.3 is 5.97 Å². The summed E-state index contributed by atoms with van der Waals surface area (Å²) < 4.78 is 27.5. The molecule has 1 saturated heterocycles. The molecule has 38 heavy (non-hydrogen) atoms. The lowest BCUT2D eigenvalue weighted by Gasteiger charge is -2.63. The fourth-order valence-electron chi connectivity index (χ4n) is 12.4. The van der Waals surface area contributed by atoms with E-state index in [1.165, 1.54) is 19.8 Å². The molecule has 2 N–H and O–H groups in total. The van der Waals surface area contributed by atoms with Crippen LogP contribution in [0.5, 0.6) is 0 Å². The van der Waals surface area contributed by atoms with Gasteiger partial charge in [0.15, 0.2) is 6.10 Å². The summed E-state index contributed by atoms with van der Waals surface area (Å²) in [5.41, 5.74) is -1.43. The molecule has 0 aromatic carbocycles. The predicted octanol–water partition coefficient (Wildman–Crippen LogP) is 5.84. The van der Waals surface area contributed by atoms with Crippen LogP contribution in [0.1, 0.15) is 107 Å². The monoisotopic (exact) mass is 534 g/mol. The van der Waals surface area contributed by atoms with Gasteiger partial charge < -0.3 is 19.7 Å². The number of fused-ring (bicyclic) bond motifs is 4. The number of hydrogen-bond donors (Lipinski definition) is 2. The normalized spacial score (nSPS) is 55.4. The average molecular weight is 535 g/mol. The topological polar surface area (TPSA) is 76.0 Å². The van der Waals surface area contributed by atoms with Crippen molar-refractivity contribution in [1.29, 1.82) is 0 Å². The van der Waals surface area contributed by atoms with Crippen molar-refractivity contribution in [3.05, 3.63) is 0 Å². The summed E-state index contributed by atoms with van der Waals surface area (Å²) in [5, 5.41) is 23.2. The highest BCUT2D eigenvalue weighted by Gasteiger charge is 2.84. The molecule has 6 fully saturated rings. The first-order valence-electron chi connectivity index (χ1n) is 15.3. The molecule has 0 amide bonds. The highest BCUT2D eigenvalue weighted by atomic mass is 19.1. The molecule has 0 radical (unpaired) electrons. The molecule has 13 atom stereocenters. The Labute approximate surface area is 228 Å². The first-order valence-corrected chi connectivity index (χ1v) is 15.3. The lowest BCUT2D eigenvalue weighted by Crippen LogP contribution is -2.59. The third kappa shape index (κ3) is 3.12. The third-order valence-corrected chi connectivity index (χ3v) is 14.1. The van der Waals surface area contributed by atoms with Crippen molar-refractivity contribution < 1.29 is 28.9 Å². The highest BCUT2D eigenvalue weighted by Crippen LogP contribution is 2.89. The maximum Gasteiger partial charge on any atom is 0.303 e. The van der Waals surface area contributed by atoms with E-state index < -0.39 is 36.1 Å². The van der Waals surface area contributed by atoms with Gasteiger partial charge in [-0.25, -0.2) is 4.39 Å². The third-order valence-electron chi connectivity index (χ3n) is 14.1. The van der Waals surface area contributed by atoms with Gasteiger partial charge in [0.1, 0.15) is 6.17 Å². The Morgan fingerprint density at radius 3 is 2.32 bits per heavy atom. The minimum Gasteiger partial charge on any atom is -0.457 e. The van der Waals surface area contributed by atoms with Gasteiger partial charge in [-0.15, -0.1) is 0 Å². The van der Waals surface area contributed by atoms with E-state index in [0.29, 0.717) is 24.7 Å². The van der Waals surface area contributed by atoms with Crippen molar-refractivity contribution in [1.82, 2.24) is 0 Å². The molecule has 6 rings (SSSR count). The Bertz CT molecular complexity index is 1010. The number of rotatable bonds is 3. The van der Waals surface area contributed by atoms with Crippen molar-refractivity contribution in [2.75, 3.05) is 0 Å². The number of ether oxygens (including phenoxy) is 2. The van der Waals surface area contributed by atoms with Crippen LogP contribution < -0.4 is 0 Å². The van der Waals surface area contributed by atoms with Crippen molar-refractivity contribution in [3.8, 4) is 0 Å². The number of carbonyl (C=O) groups is 1. The van der Waals surface area contributed by atoms with Gasteiger partial charge in [-0.3, -0.25) is 4.79 Å². The first kappa shape index (κ1) is 27.4. The van der Waals surface area contributed by atoms with Crippen LogP contribution in [0.3, 0.4) is 0 Å². The fraction of sp³-hybridized carbons (Fsp3) is 0.969. The van der Waals surface area contributed by atoms with E-state index in [4.69, 9.17) is 9.47 Å². The molecular formula is C32H51FO5. The van der Waals surface area contributed by atoms with Crippen molar-refractivity contribution in [2.45, 2.75) is 143 Å². The number of esters is 1. The van der Waals surface area contributed by atoms with Crippen LogP contribution in [-0.4, -0.2) is 52.4 Å². The molecule has 6 heteroatoms. The summed E-state index contributed by atoms with van der Waals surface area (Å²) >= 11 is 0. The van der Waals surface area contributed by atoms with Crippen LogP contribution in [-0.2, 0) is 14.3 Å². The molecule has 5 nitrogen and oxygen atoms in total. The molecule has 0 aromatic rings. The average Bonchev–Trinajstić information content (AvgIpc) is 3.44. The maximum atomic E-state index is 15.2. The number of alkyl halides is 1. The van der Waals surface area contributed by atoms with Crippen LogP contribution in [0, 0.1) is 50.7 Å². The van der Waals surface area contributed by atoms with E-state index in [1.54, 1.807) is 13.8 Å². The zero-order valence-electron chi connectivity index (χ0n) is 24.9. The molecule has 6 aliphatic rings. The molecule has 5 saturated carbocycles. The summed E-state index contributed by atoms with van der Waals surface area (Å²) in [6.07, 6.45) is 4.99. The predicted molar refractivity (Wildman–Crippen MR) is 143 cm³/mol. The number of halogens is 1. The standard InChI is InChI=1S/C32H51FO5/c1-17-15-19(26(28(5,6)36)37-18(2)34)38-24-23(17)29(7)13-14-32-16-31(32)12-11-22(33)27(3,4)20(31)9-10-21(32)30(29,8)25(24)35/h17,19-26,35-36H,9-16H2,1-8H3/t17-,19-,20+,21+,22+,23+,24+,25+,26+,29-,30-,31-,32+/m1/s1. The zero-order chi connectivity index (χ0) is 27.8. The van der Waals surface area contributed by atoms with Crippen LogP contribution >= 0.6 is 0 Å². The van der Waals surface area contributed by atoms with E-state index in [2.05, 4.69) is 34.6 Å². The van der Waals surface area contributed by atoms with E-state index >= 15 is 4.39 Å². The Kier molecular flexibility index (Phi) is 5.76. The molecular weight excluding hydrogens is 483 g/mol. The van der Waals surface area contributed by atoms with E-state index in [0.717, 1.165) is 25.7 Å². The molecule has 5 aliphatic carbocycles. The van der Waals surface area contributed by atoms with Crippen molar-refractivity contribution in [3.63, 3.8) is 0 Å². The zero-order valence-corrected chi connectivity index (χ0v) is 24.9. The lowest BCUT2D eigenvalue weighted by molar-refractivity contribution is -0.216. The van der Waals surface area contributed by atoms with Gasteiger partial charge in [0.2, 0.25) is 0 Å². The molecule has 0 aromatic heterocycles. The Balaban J connectivity index is 1.35. The number of aliphatic hydroxyl groups excluding tert-OH is 1. The van der Waals surface area contributed by atoms with E-state index in [-0.39, 0.29) is 45.0 Å². The number of hydrogen-bond acceptors (Lipinski definition) is 5. The second kappa shape index (κ2) is 7.97. The maximum absolute atomic E-state index is 15.2. The van der Waals surface area contributed by atoms with Gasteiger partial charge in [0.05, 0.1) is 23.9 Å². The molecule has 0 bridgehead atoms. The molecule has 2 spiro atoms. The summed E-state index contributed by atoms with van der Waals surface area (Å²) in [4.78, 5) is 11.9. The number of carbonyl (C=O) groups excluding carboxylic acids is 1. The van der Waals surface area contributed by atoms with Crippen LogP contribution in [0.4, 0.5) is 4.39 Å². The first-order chi connectivity index (χ1) is 17.5. The Hall–Kier alpha value is -0.720. The van der Waals surface area contributed by atoms with E-state index in [9.17, 15) is 15.0 Å². The minimum absolute atomic E-state index is 0.0630. The van der Waals surface area contributed by atoms with Gasteiger partial charge in [-0.05, 0) is 111 Å². The quantitative estimate of drug-likeness (QED) is 0.445. The lowest BCUT2D eigenvalue weighted by atomic mass is 9.41. The largest absolute Gasteiger partial charge is 0.457 e. The van der Waals surface area contributed by atoms with Crippen LogP contribution in [0.25, 0.3) is 0 Å². The minimum atomic E-state index is -1.25. The molecule has 0 unspecified atom stereocenters. The SMILES string of the molecule is CC(=O)O[C@@H]([C@H]1C[C@@H](C)[C@H]2[C@H](O1)[C@H](O)[C@@]1(C)[C@@H]3CC[C@H]4C(C)(C)[C@@H](F)CC[C@@]45C[C@@]35CC[C@]21C)C(C)(C)O. The van der Waals surface area contributed by atoms with Crippen LogP contribution in [0.2, 0.25) is 0 Å². The molecule has 216 valence electrons. The Morgan fingerprint density at radius 2 is 1.68 bits per heavy atom. The summed E-state index contributed by atoms with van der Waals surface area (Å²) in [6, 6.07) is 0. The second-order valence-electron chi connectivity index (χ2n) is 16.2. The van der Waals surface area contributed by atoms with Gasteiger partial charge in [0, 0.05) is 12.3 Å². The smallest absolute Gasteiger partial charge is 0.303 e. The summed E-state index contributed by atoms with van der Waals surface area (Å²) in [6.45, 7) is 16.1. The second-order valence-corrected chi connectivity index (χ2v) is 16.2. The summed E-state index contributed by atoms with van der Waals surface area (Å²) in [5.74, 6) is 0.880. The van der Waals surface area contributed by atoms with Gasteiger partial charge in [-0.1, -0.05) is 34.6 Å². The van der Waals surface area contributed by atoms with Crippen molar-refractivity contribution >= 4 is 5.97 Å². The highest BCUT2D eigenvalue weighted by molar-refractivity contribution is 5.66.